The van der Waals surface area contributed by atoms with Crippen LogP contribution in [-0.2, 0) is 12.6 Å². The molecule has 20 heavy (non-hydrogen) atoms. The summed E-state index contributed by atoms with van der Waals surface area (Å²) >= 11 is 12.1. The van der Waals surface area contributed by atoms with Crippen molar-refractivity contribution in [3.05, 3.63) is 64.4 Å². The van der Waals surface area contributed by atoms with Crippen LogP contribution in [0.25, 0.3) is 0 Å². The minimum atomic E-state index is -4.45. The van der Waals surface area contributed by atoms with Crippen LogP contribution in [0.5, 0.6) is 0 Å². The van der Waals surface area contributed by atoms with Gasteiger partial charge in [-0.1, -0.05) is 41.9 Å². The Morgan fingerprint density at radius 1 is 1.15 bits per heavy atom. The summed E-state index contributed by atoms with van der Waals surface area (Å²) in [5.74, 6) is 0. The molecule has 0 saturated heterocycles. The summed E-state index contributed by atoms with van der Waals surface area (Å²) in [6.07, 6.45) is -3.41. The molecular weight excluding hydrogens is 310 g/mol. The number of nitrogens with zero attached hydrogens (tertiary/aromatic N) is 1. The molecule has 0 aliphatic heterocycles. The van der Waals surface area contributed by atoms with Crippen LogP contribution in [-0.4, -0.2) is 4.98 Å². The van der Waals surface area contributed by atoms with Gasteiger partial charge in [0.1, 0.15) is 0 Å². The fraction of sp³-hybridized carbons (Fsp3) is 0.214. The Bertz CT molecular complexity index is 585. The zero-order chi connectivity index (χ0) is 14.8. The largest absolute Gasteiger partial charge is 0.417 e. The second kappa shape index (κ2) is 6.02. The van der Waals surface area contributed by atoms with Crippen LogP contribution in [0.15, 0.2) is 42.6 Å². The molecule has 1 aromatic carbocycles. The maximum atomic E-state index is 12.5. The van der Waals surface area contributed by atoms with Crippen LogP contribution >= 0.6 is 23.2 Å². The molecule has 0 saturated carbocycles. The van der Waals surface area contributed by atoms with Gasteiger partial charge in [-0.2, -0.15) is 13.2 Å². The molecule has 0 aliphatic rings. The molecule has 0 N–H and O–H groups in total. The second-order valence-corrected chi connectivity index (χ2v) is 5.17. The van der Waals surface area contributed by atoms with Crippen molar-refractivity contribution in [2.45, 2.75) is 18.0 Å². The Hall–Kier alpha value is -1.26. The number of benzene rings is 1. The van der Waals surface area contributed by atoms with Crippen molar-refractivity contribution in [2.24, 2.45) is 0 Å². The summed E-state index contributed by atoms with van der Waals surface area (Å²) < 4.78 is 37.5. The van der Waals surface area contributed by atoms with Crippen LogP contribution in [0.3, 0.4) is 0 Å². The number of hydrogen-bond donors (Lipinski definition) is 0. The van der Waals surface area contributed by atoms with Crippen LogP contribution in [0.4, 0.5) is 13.2 Å². The molecule has 0 radical (unpaired) electrons. The summed E-state index contributed by atoms with van der Waals surface area (Å²) in [6.45, 7) is 0. The van der Waals surface area contributed by atoms with Crippen LogP contribution in [0, 0.1) is 0 Å². The average Bonchev–Trinajstić information content (AvgIpc) is 2.41. The van der Waals surface area contributed by atoms with E-state index >= 15 is 0 Å². The minimum absolute atomic E-state index is 0.0265. The number of halogens is 5. The fourth-order valence-corrected chi connectivity index (χ4v) is 2.26. The van der Waals surface area contributed by atoms with E-state index < -0.39 is 17.1 Å². The van der Waals surface area contributed by atoms with E-state index in [1.165, 1.54) is 0 Å². The Morgan fingerprint density at radius 3 is 2.35 bits per heavy atom. The van der Waals surface area contributed by atoms with Gasteiger partial charge in [0, 0.05) is 12.6 Å². The highest BCUT2D eigenvalue weighted by Crippen LogP contribution is 2.33. The number of pyridine rings is 1. The van der Waals surface area contributed by atoms with Gasteiger partial charge in [-0.25, -0.2) is 0 Å². The van der Waals surface area contributed by atoms with Crippen molar-refractivity contribution < 1.29 is 13.2 Å². The van der Waals surface area contributed by atoms with E-state index in [0.717, 1.165) is 17.8 Å². The van der Waals surface area contributed by atoms with Gasteiger partial charge < -0.3 is 0 Å². The molecule has 0 spiro atoms. The lowest BCUT2D eigenvalue weighted by Gasteiger charge is -2.12. The van der Waals surface area contributed by atoms with E-state index in [-0.39, 0.29) is 11.4 Å². The number of alkyl halides is 4. The van der Waals surface area contributed by atoms with Crippen molar-refractivity contribution >= 4 is 23.2 Å². The van der Waals surface area contributed by atoms with Gasteiger partial charge in [0.2, 0.25) is 0 Å². The van der Waals surface area contributed by atoms with Crippen molar-refractivity contribution in [3.8, 4) is 0 Å². The third-order valence-electron chi connectivity index (χ3n) is 2.78. The second-order valence-electron chi connectivity index (χ2n) is 4.23. The normalized spacial score (nSPS) is 13.2. The van der Waals surface area contributed by atoms with E-state index in [0.29, 0.717) is 5.69 Å². The lowest BCUT2D eigenvalue weighted by molar-refractivity contribution is -0.137. The summed E-state index contributed by atoms with van der Waals surface area (Å²) in [5, 5.41) is -0.417. The van der Waals surface area contributed by atoms with Gasteiger partial charge in [0.05, 0.1) is 21.7 Å². The van der Waals surface area contributed by atoms with Gasteiger partial charge in [-0.05, 0) is 11.6 Å². The van der Waals surface area contributed by atoms with E-state index in [1.807, 2.05) is 30.3 Å². The predicted octanol–water partition coefficient (Wildman–Crippen LogP) is 5.28. The minimum Gasteiger partial charge on any atom is -0.259 e. The smallest absolute Gasteiger partial charge is 0.259 e. The molecule has 1 heterocycles. The van der Waals surface area contributed by atoms with E-state index in [4.69, 9.17) is 23.2 Å². The first-order chi connectivity index (χ1) is 9.38. The molecule has 106 valence electrons. The van der Waals surface area contributed by atoms with Crippen LogP contribution in [0.2, 0.25) is 5.02 Å². The Morgan fingerprint density at radius 2 is 1.80 bits per heavy atom. The fourth-order valence-electron chi connectivity index (χ4n) is 1.72. The van der Waals surface area contributed by atoms with Crippen molar-refractivity contribution in [2.75, 3.05) is 0 Å². The van der Waals surface area contributed by atoms with Gasteiger partial charge in [-0.3, -0.25) is 4.98 Å². The van der Waals surface area contributed by atoms with Crippen molar-refractivity contribution in [3.63, 3.8) is 0 Å². The third kappa shape index (κ3) is 3.64. The van der Waals surface area contributed by atoms with Crippen LogP contribution < -0.4 is 0 Å². The van der Waals surface area contributed by atoms with E-state index in [2.05, 4.69) is 4.98 Å². The van der Waals surface area contributed by atoms with Crippen molar-refractivity contribution in [1.82, 2.24) is 4.98 Å². The third-order valence-corrected chi connectivity index (χ3v) is 3.51. The molecule has 0 amide bonds. The van der Waals surface area contributed by atoms with Gasteiger partial charge in [-0.15, -0.1) is 11.6 Å². The molecule has 0 bridgehead atoms. The quantitative estimate of drug-likeness (QED) is 0.702. The molecule has 1 nitrogen and oxygen atoms in total. The lowest BCUT2D eigenvalue weighted by atomic mass is 10.1. The topological polar surface area (TPSA) is 12.9 Å². The summed E-state index contributed by atoms with van der Waals surface area (Å²) in [5.41, 5.74) is 0.354. The van der Waals surface area contributed by atoms with Gasteiger partial charge in [0.15, 0.2) is 0 Å². The first-order valence-electron chi connectivity index (χ1n) is 5.78. The van der Waals surface area contributed by atoms with Gasteiger partial charge in [0.25, 0.3) is 0 Å². The molecule has 0 fully saturated rings. The molecule has 0 aliphatic carbocycles. The summed E-state index contributed by atoms with van der Waals surface area (Å²) in [4.78, 5) is 3.77. The first kappa shape index (κ1) is 15.1. The number of hydrogen-bond acceptors (Lipinski definition) is 1. The molecule has 1 aromatic heterocycles. The highest BCUT2D eigenvalue weighted by molar-refractivity contribution is 6.31. The molecule has 2 rings (SSSR count). The zero-order valence-electron chi connectivity index (χ0n) is 10.2. The molecule has 1 atom stereocenters. The molecule has 1 unspecified atom stereocenters. The number of rotatable bonds is 3. The van der Waals surface area contributed by atoms with E-state index in [1.54, 1.807) is 0 Å². The SMILES string of the molecule is FC(F)(F)c1cnc(CC(Cl)c2ccccc2)c(Cl)c1. The molecule has 2 aromatic rings. The number of aromatic nitrogens is 1. The van der Waals surface area contributed by atoms with Crippen molar-refractivity contribution in [1.29, 1.82) is 0 Å². The average molecular weight is 320 g/mol. The summed E-state index contributed by atoms with van der Waals surface area (Å²) in [6, 6.07) is 10.1. The monoisotopic (exact) mass is 319 g/mol. The Labute approximate surface area is 124 Å². The maximum absolute atomic E-state index is 12.5. The standard InChI is InChI=1S/C14H10Cl2F3N/c15-11(9-4-2-1-3-5-9)7-13-12(16)6-10(8-20-13)14(17,18)19/h1-6,8,11H,7H2. The highest BCUT2D eigenvalue weighted by atomic mass is 35.5. The van der Waals surface area contributed by atoms with E-state index in [9.17, 15) is 13.2 Å². The first-order valence-corrected chi connectivity index (χ1v) is 6.60. The van der Waals surface area contributed by atoms with Gasteiger partial charge >= 0.3 is 6.18 Å². The predicted molar refractivity (Wildman–Crippen MR) is 73.0 cm³/mol. The zero-order valence-corrected chi connectivity index (χ0v) is 11.7. The van der Waals surface area contributed by atoms with Crippen LogP contribution in [0.1, 0.15) is 22.2 Å². The lowest BCUT2D eigenvalue weighted by Crippen LogP contribution is -2.07. The maximum Gasteiger partial charge on any atom is 0.417 e. The summed E-state index contributed by atoms with van der Waals surface area (Å²) in [7, 11) is 0. The Kier molecular flexibility index (Phi) is 4.55. The highest BCUT2D eigenvalue weighted by Gasteiger charge is 2.31. The molecular formula is C14H10Cl2F3N. The Balaban J connectivity index is 2.18. The molecule has 6 heteroatoms.